The molecule has 0 aliphatic heterocycles. The number of methoxy groups -OCH3 is 2. The van der Waals surface area contributed by atoms with Gasteiger partial charge < -0.3 is 19.5 Å². The van der Waals surface area contributed by atoms with Gasteiger partial charge in [0.05, 0.1) is 13.7 Å². The van der Waals surface area contributed by atoms with Crippen molar-refractivity contribution < 1.29 is 14.2 Å². The van der Waals surface area contributed by atoms with Crippen LogP contribution in [-0.2, 0) is 4.74 Å². The van der Waals surface area contributed by atoms with Gasteiger partial charge in [0, 0.05) is 13.2 Å². The van der Waals surface area contributed by atoms with Crippen LogP contribution in [0.25, 0.3) is 0 Å². The number of nitrogens with one attached hydrogen (secondary N) is 1. The fraction of sp³-hybridized carbons (Fsp3) is 0.579. The smallest absolute Gasteiger partial charge is 0.161 e. The van der Waals surface area contributed by atoms with E-state index in [0.29, 0.717) is 19.3 Å². The molecule has 0 aromatic heterocycles. The van der Waals surface area contributed by atoms with Crippen molar-refractivity contribution >= 4 is 0 Å². The molecular formula is C19H29NO3. The van der Waals surface area contributed by atoms with Crippen LogP contribution < -0.4 is 14.8 Å². The molecule has 2 atom stereocenters. The Morgan fingerprint density at radius 2 is 2.04 bits per heavy atom. The Labute approximate surface area is 139 Å². The van der Waals surface area contributed by atoms with Gasteiger partial charge in [0.2, 0.25) is 0 Å². The van der Waals surface area contributed by atoms with Gasteiger partial charge in [0.1, 0.15) is 6.61 Å². The number of ether oxygens (including phenoxy) is 3. The lowest BCUT2D eigenvalue weighted by Gasteiger charge is -2.22. The van der Waals surface area contributed by atoms with E-state index in [0.717, 1.165) is 24.0 Å². The Hall–Kier alpha value is -1.52. The highest BCUT2D eigenvalue weighted by molar-refractivity contribution is 5.43. The van der Waals surface area contributed by atoms with E-state index in [-0.39, 0.29) is 0 Å². The molecule has 23 heavy (non-hydrogen) atoms. The summed E-state index contributed by atoms with van der Waals surface area (Å²) in [7, 11) is 3.34. The summed E-state index contributed by atoms with van der Waals surface area (Å²) < 4.78 is 16.1. The Kier molecular flexibility index (Phi) is 7.43. The highest BCUT2D eigenvalue weighted by Gasteiger charge is 2.14. The van der Waals surface area contributed by atoms with Crippen LogP contribution >= 0.6 is 0 Å². The molecule has 1 N–H and O–H groups in total. The van der Waals surface area contributed by atoms with Crippen molar-refractivity contribution in [1.82, 2.24) is 5.32 Å². The average Bonchev–Trinajstić information content (AvgIpc) is 2.61. The monoisotopic (exact) mass is 319 g/mol. The van der Waals surface area contributed by atoms with Crippen molar-refractivity contribution in [3.63, 3.8) is 0 Å². The molecule has 1 aliphatic carbocycles. The molecule has 1 aromatic carbocycles. The first-order chi connectivity index (χ1) is 11.2. The van der Waals surface area contributed by atoms with Gasteiger partial charge in [-0.1, -0.05) is 18.2 Å². The molecule has 0 radical (unpaired) electrons. The molecule has 0 spiro atoms. The van der Waals surface area contributed by atoms with Crippen molar-refractivity contribution in [2.75, 3.05) is 34.0 Å². The van der Waals surface area contributed by atoms with Crippen LogP contribution in [0.2, 0.25) is 0 Å². The summed E-state index contributed by atoms with van der Waals surface area (Å²) in [5.74, 6) is 2.28. The molecule has 1 aromatic rings. The summed E-state index contributed by atoms with van der Waals surface area (Å²) in [5, 5.41) is 3.64. The summed E-state index contributed by atoms with van der Waals surface area (Å²) >= 11 is 0. The summed E-state index contributed by atoms with van der Waals surface area (Å²) in [6.45, 7) is 4.34. The Balaban J connectivity index is 1.91. The van der Waals surface area contributed by atoms with Crippen LogP contribution in [0.4, 0.5) is 0 Å². The molecule has 1 aliphatic rings. The van der Waals surface area contributed by atoms with Gasteiger partial charge in [-0.05, 0) is 56.3 Å². The lowest BCUT2D eigenvalue weighted by molar-refractivity contribution is 0.144. The number of allylic oxidation sites excluding steroid dienone is 2. The Morgan fingerprint density at radius 1 is 1.17 bits per heavy atom. The van der Waals surface area contributed by atoms with E-state index in [1.807, 2.05) is 6.07 Å². The zero-order chi connectivity index (χ0) is 16.5. The number of benzene rings is 1. The second kappa shape index (κ2) is 9.58. The molecule has 0 bridgehead atoms. The van der Waals surface area contributed by atoms with Gasteiger partial charge in [-0.25, -0.2) is 0 Å². The van der Waals surface area contributed by atoms with Crippen molar-refractivity contribution in [2.24, 2.45) is 5.92 Å². The van der Waals surface area contributed by atoms with E-state index in [2.05, 4.69) is 36.5 Å². The SMILES string of the molecule is COCCOc1ccc(C(C)NCC2CC=CCC2)cc1OC. The fourth-order valence-electron chi connectivity index (χ4n) is 2.81. The largest absolute Gasteiger partial charge is 0.493 e. The fourth-order valence-corrected chi connectivity index (χ4v) is 2.81. The minimum absolute atomic E-state index is 0.294. The molecule has 0 saturated carbocycles. The molecule has 0 heterocycles. The van der Waals surface area contributed by atoms with Gasteiger partial charge in [-0.2, -0.15) is 0 Å². The zero-order valence-corrected chi connectivity index (χ0v) is 14.5. The minimum atomic E-state index is 0.294. The summed E-state index contributed by atoms with van der Waals surface area (Å²) in [6, 6.07) is 6.43. The van der Waals surface area contributed by atoms with Crippen LogP contribution in [0.3, 0.4) is 0 Å². The molecule has 2 unspecified atom stereocenters. The molecule has 0 saturated heterocycles. The van der Waals surface area contributed by atoms with Gasteiger partial charge in [-0.15, -0.1) is 0 Å². The maximum absolute atomic E-state index is 5.68. The van der Waals surface area contributed by atoms with Crippen LogP contribution in [-0.4, -0.2) is 34.0 Å². The molecule has 2 rings (SSSR count). The van der Waals surface area contributed by atoms with Crippen LogP contribution in [0.15, 0.2) is 30.4 Å². The van der Waals surface area contributed by atoms with Crippen LogP contribution in [0, 0.1) is 5.92 Å². The van der Waals surface area contributed by atoms with Gasteiger partial charge in [0.15, 0.2) is 11.5 Å². The van der Waals surface area contributed by atoms with Gasteiger partial charge in [0.25, 0.3) is 0 Å². The van der Waals surface area contributed by atoms with Crippen molar-refractivity contribution in [3.05, 3.63) is 35.9 Å². The van der Waals surface area contributed by atoms with E-state index >= 15 is 0 Å². The predicted octanol–water partition coefficient (Wildman–Crippen LogP) is 3.73. The third kappa shape index (κ3) is 5.56. The number of hydrogen-bond donors (Lipinski definition) is 1. The molecule has 0 fully saturated rings. The quantitative estimate of drug-likeness (QED) is 0.556. The maximum atomic E-state index is 5.68. The predicted molar refractivity (Wildman–Crippen MR) is 93.3 cm³/mol. The summed E-state index contributed by atoms with van der Waals surface area (Å²) in [5.41, 5.74) is 1.22. The van der Waals surface area contributed by atoms with Gasteiger partial charge in [-0.3, -0.25) is 0 Å². The summed E-state index contributed by atoms with van der Waals surface area (Å²) in [6.07, 6.45) is 8.27. The third-order valence-corrected chi connectivity index (χ3v) is 4.32. The molecule has 128 valence electrons. The lowest BCUT2D eigenvalue weighted by Crippen LogP contribution is -2.26. The number of hydrogen-bond acceptors (Lipinski definition) is 4. The normalized spacial score (nSPS) is 18.7. The second-order valence-electron chi connectivity index (χ2n) is 6.03. The van der Waals surface area contributed by atoms with E-state index in [1.165, 1.54) is 24.8 Å². The first-order valence-electron chi connectivity index (χ1n) is 8.42. The highest BCUT2D eigenvalue weighted by Crippen LogP contribution is 2.30. The van der Waals surface area contributed by atoms with E-state index < -0.39 is 0 Å². The van der Waals surface area contributed by atoms with Crippen LogP contribution in [0.5, 0.6) is 11.5 Å². The lowest BCUT2D eigenvalue weighted by atomic mass is 9.94. The third-order valence-electron chi connectivity index (χ3n) is 4.32. The first-order valence-corrected chi connectivity index (χ1v) is 8.42. The van der Waals surface area contributed by atoms with E-state index in [9.17, 15) is 0 Å². The Morgan fingerprint density at radius 3 is 2.74 bits per heavy atom. The maximum Gasteiger partial charge on any atom is 0.161 e. The zero-order valence-electron chi connectivity index (χ0n) is 14.5. The highest BCUT2D eigenvalue weighted by atomic mass is 16.5. The standard InChI is InChI=1S/C19H29NO3/c1-15(20-14-16-7-5-4-6-8-16)17-9-10-18(19(13-17)22-3)23-12-11-21-2/h4-5,9-10,13,15-16,20H,6-8,11-12,14H2,1-3H3. The van der Waals surface area contributed by atoms with Crippen molar-refractivity contribution in [3.8, 4) is 11.5 Å². The first kappa shape index (κ1) is 17.8. The number of rotatable bonds is 9. The molecule has 4 nitrogen and oxygen atoms in total. The van der Waals surface area contributed by atoms with Gasteiger partial charge >= 0.3 is 0 Å². The van der Waals surface area contributed by atoms with Crippen molar-refractivity contribution in [2.45, 2.75) is 32.2 Å². The minimum Gasteiger partial charge on any atom is -0.493 e. The molecular weight excluding hydrogens is 290 g/mol. The van der Waals surface area contributed by atoms with Crippen molar-refractivity contribution in [1.29, 1.82) is 0 Å². The molecule has 0 amide bonds. The van der Waals surface area contributed by atoms with E-state index in [1.54, 1.807) is 14.2 Å². The summed E-state index contributed by atoms with van der Waals surface area (Å²) in [4.78, 5) is 0. The second-order valence-corrected chi connectivity index (χ2v) is 6.03. The van der Waals surface area contributed by atoms with E-state index in [4.69, 9.17) is 14.2 Å². The average molecular weight is 319 g/mol. The topological polar surface area (TPSA) is 39.7 Å². The Bertz CT molecular complexity index is 501. The molecule has 4 heteroatoms. The van der Waals surface area contributed by atoms with Crippen LogP contribution in [0.1, 0.15) is 37.8 Å².